The summed E-state index contributed by atoms with van der Waals surface area (Å²) in [5, 5.41) is 6.73. The zero-order chi connectivity index (χ0) is 13.5. The smallest absolute Gasteiger partial charge is 0.155 e. The van der Waals surface area contributed by atoms with E-state index >= 15 is 0 Å². The highest BCUT2D eigenvalue weighted by Crippen LogP contribution is 2.26. The predicted octanol–water partition coefficient (Wildman–Crippen LogP) is 3.02. The van der Waals surface area contributed by atoms with Crippen LogP contribution in [0.2, 0.25) is 0 Å². The standard InChI is InChI=1S/C14H25N5/c1-2-9-16-13-12(15)14(18-10-17-13)19-11-7-5-3-4-6-8-11/h10-11H,2-9,15H2,1H3,(H2,16,17,18,19). The van der Waals surface area contributed by atoms with Crippen LogP contribution in [0.25, 0.3) is 0 Å². The monoisotopic (exact) mass is 263 g/mol. The average molecular weight is 263 g/mol. The van der Waals surface area contributed by atoms with Gasteiger partial charge in [-0.3, -0.25) is 0 Å². The van der Waals surface area contributed by atoms with E-state index < -0.39 is 0 Å². The molecule has 0 atom stereocenters. The Bertz CT molecular complexity index is 385. The molecule has 2 rings (SSSR count). The van der Waals surface area contributed by atoms with Crippen LogP contribution in [0.5, 0.6) is 0 Å². The Kier molecular flexibility index (Phi) is 5.24. The topological polar surface area (TPSA) is 75.9 Å². The van der Waals surface area contributed by atoms with Crippen LogP contribution in [0.3, 0.4) is 0 Å². The average Bonchev–Trinajstić information content (AvgIpc) is 2.68. The van der Waals surface area contributed by atoms with Gasteiger partial charge in [-0.2, -0.15) is 0 Å². The van der Waals surface area contributed by atoms with Crippen molar-refractivity contribution in [2.75, 3.05) is 22.9 Å². The summed E-state index contributed by atoms with van der Waals surface area (Å²) >= 11 is 0. The Labute approximate surface area is 115 Å². The molecule has 5 nitrogen and oxygen atoms in total. The molecule has 0 spiro atoms. The van der Waals surface area contributed by atoms with Crippen LogP contribution in [0.1, 0.15) is 51.9 Å². The van der Waals surface area contributed by atoms with Crippen molar-refractivity contribution in [1.82, 2.24) is 9.97 Å². The fourth-order valence-corrected chi connectivity index (χ4v) is 2.51. The molecule has 0 saturated heterocycles. The van der Waals surface area contributed by atoms with Crippen molar-refractivity contribution in [3.05, 3.63) is 6.33 Å². The highest BCUT2D eigenvalue weighted by atomic mass is 15.1. The third-order valence-corrected chi connectivity index (χ3v) is 3.62. The SMILES string of the molecule is CCCNc1ncnc(NC2CCCCCC2)c1N. The predicted molar refractivity (Wildman–Crippen MR) is 80.3 cm³/mol. The number of anilines is 3. The summed E-state index contributed by atoms with van der Waals surface area (Å²) in [5.41, 5.74) is 6.77. The molecule has 1 aliphatic rings. The molecule has 1 heterocycles. The van der Waals surface area contributed by atoms with Crippen molar-refractivity contribution < 1.29 is 0 Å². The van der Waals surface area contributed by atoms with E-state index in [2.05, 4.69) is 27.5 Å². The highest BCUT2D eigenvalue weighted by molar-refractivity contribution is 5.74. The molecule has 0 unspecified atom stereocenters. The molecule has 1 saturated carbocycles. The zero-order valence-electron chi connectivity index (χ0n) is 11.8. The third-order valence-electron chi connectivity index (χ3n) is 3.62. The molecule has 1 aromatic heterocycles. The maximum Gasteiger partial charge on any atom is 0.155 e. The molecule has 1 fully saturated rings. The highest BCUT2D eigenvalue weighted by Gasteiger charge is 2.15. The Morgan fingerprint density at radius 2 is 1.84 bits per heavy atom. The lowest BCUT2D eigenvalue weighted by molar-refractivity contribution is 0.618. The quantitative estimate of drug-likeness (QED) is 0.712. The largest absolute Gasteiger partial charge is 0.393 e. The van der Waals surface area contributed by atoms with E-state index in [1.807, 2.05) is 0 Å². The second kappa shape index (κ2) is 7.16. The molecule has 0 radical (unpaired) electrons. The minimum atomic E-state index is 0.499. The molecule has 1 aromatic rings. The van der Waals surface area contributed by atoms with E-state index in [9.17, 15) is 0 Å². The summed E-state index contributed by atoms with van der Waals surface area (Å²) in [6.07, 6.45) is 10.3. The molecule has 106 valence electrons. The maximum absolute atomic E-state index is 6.13. The van der Waals surface area contributed by atoms with Gasteiger partial charge in [0.2, 0.25) is 0 Å². The van der Waals surface area contributed by atoms with Gasteiger partial charge in [0, 0.05) is 12.6 Å². The van der Waals surface area contributed by atoms with E-state index in [1.54, 1.807) is 6.33 Å². The minimum absolute atomic E-state index is 0.499. The number of nitrogens with two attached hydrogens (primary N) is 1. The van der Waals surface area contributed by atoms with Crippen LogP contribution in [-0.4, -0.2) is 22.6 Å². The van der Waals surface area contributed by atoms with Gasteiger partial charge in [-0.1, -0.05) is 32.6 Å². The number of rotatable bonds is 5. The molecular weight excluding hydrogens is 238 g/mol. The number of nitrogen functional groups attached to an aromatic ring is 1. The number of aromatic nitrogens is 2. The Morgan fingerprint density at radius 3 is 2.53 bits per heavy atom. The van der Waals surface area contributed by atoms with Gasteiger partial charge in [0.15, 0.2) is 11.6 Å². The Morgan fingerprint density at radius 1 is 1.16 bits per heavy atom. The molecule has 0 bridgehead atoms. The molecule has 0 aromatic carbocycles. The van der Waals surface area contributed by atoms with E-state index in [4.69, 9.17) is 5.73 Å². The zero-order valence-corrected chi connectivity index (χ0v) is 11.8. The van der Waals surface area contributed by atoms with Crippen LogP contribution in [-0.2, 0) is 0 Å². The number of nitrogens with zero attached hydrogens (tertiary/aromatic N) is 2. The minimum Gasteiger partial charge on any atom is -0.393 e. The normalized spacial score (nSPS) is 16.9. The molecule has 0 amide bonds. The van der Waals surface area contributed by atoms with Crippen molar-refractivity contribution in [3.63, 3.8) is 0 Å². The lowest BCUT2D eigenvalue weighted by atomic mass is 10.1. The molecule has 0 aliphatic heterocycles. The molecular formula is C14H25N5. The third kappa shape index (κ3) is 3.98. The fraction of sp³-hybridized carbons (Fsp3) is 0.714. The van der Waals surface area contributed by atoms with Gasteiger partial charge in [0.05, 0.1) is 0 Å². The van der Waals surface area contributed by atoms with Gasteiger partial charge in [-0.15, -0.1) is 0 Å². The van der Waals surface area contributed by atoms with Crippen molar-refractivity contribution in [3.8, 4) is 0 Å². The van der Waals surface area contributed by atoms with Gasteiger partial charge < -0.3 is 16.4 Å². The van der Waals surface area contributed by atoms with Crippen LogP contribution < -0.4 is 16.4 Å². The van der Waals surface area contributed by atoms with Crippen molar-refractivity contribution in [1.29, 1.82) is 0 Å². The summed E-state index contributed by atoms with van der Waals surface area (Å²) in [6, 6.07) is 0.499. The second-order valence-electron chi connectivity index (χ2n) is 5.24. The Balaban J connectivity index is 2.02. The van der Waals surface area contributed by atoms with Gasteiger partial charge in [0.25, 0.3) is 0 Å². The summed E-state index contributed by atoms with van der Waals surface area (Å²) in [5.74, 6) is 1.52. The van der Waals surface area contributed by atoms with Crippen LogP contribution in [0.15, 0.2) is 6.33 Å². The molecule has 5 heteroatoms. The summed E-state index contributed by atoms with van der Waals surface area (Å²) in [6.45, 7) is 3.00. The Hall–Kier alpha value is -1.52. The van der Waals surface area contributed by atoms with Crippen molar-refractivity contribution in [2.24, 2.45) is 0 Å². The number of hydrogen-bond acceptors (Lipinski definition) is 5. The summed E-state index contributed by atoms with van der Waals surface area (Å²) in [7, 11) is 0. The molecule has 4 N–H and O–H groups in total. The van der Waals surface area contributed by atoms with E-state index in [0.29, 0.717) is 11.7 Å². The van der Waals surface area contributed by atoms with Crippen LogP contribution in [0.4, 0.5) is 17.3 Å². The first-order valence-electron chi connectivity index (χ1n) is 7.42. The number of nitrogens with one attached hydrogen (secondary N) is 2. The van der Waals surface area contributed by atoms with Gasteiger partial charge in [0.1, 0.15) is 12.0 Å². The lowest BCUT2D eigenvalue weighted by Crippen LogP contribution is -2.20. The summed E-state index contributed by atoms with van der Waals surface area (Å²) < 4.78 is 0. The van der Waals surface area contributed by atoms with Gasteiger partial charge in [-0.05, 0) is 19.3 Å². The van der Waals surface area contributed by atoms with E-state index in [0.717, 1.165) is 24.6 Å². The molecule has 1 aliphatic carbocycles. The first kappa shape index (κ1) is 13.9. The number of hydrogen-bond donors (Lipinski definition) is 3. The summed E-state index contributed by atoms with van der Waals surface area (Å²) in [4.78, 5) is 8.49. The lowest BCUT2D eigenvalue weighted by Gasteiger charge is -2.19. The van der Waals surface area contributed by atoms with Crippen molar-refractivity contribution >= 4 is 17.3 Å². The molecule has 19 heavy (non-hydrogen) atoms. The van der Waals surface area contributed by atoms with Crippen LogP contribution >= 0.6 is 0 Å². The van der Waals surface area contributed by atoms with E-state index in [1.165, 1.54) is 38.5 Å². The van der Waals surface area contributed by atoms with Gasteiger partial charge in [-0.25, -0.2) is 9.97 Å². The second-order valence-corrected chi connectivity index (χ2v) is 5.24. The first-order chi connectivity index (χ1) is 9.31. The fourth-order valence-electron chi connectivity index (χ4n) is 2.51. The van der Waals surface area contributed by atoms with E-state index in [-0.39, 0.29) is 0 Å². The van der Waals surface area contributed by atoms with Crippen LogP contribution in [0, 0.1) is 0 Å². The maximum atomic E-state index is 6.13. The van der Waals surface area contributed by atoms with Crippen molar-refractivity contribution in [2.45, 2.75) is 57.9 Å². The first-order valence-corrected chi connectivity index (χ1v) is 7.42. The van der Waals surface area contributed by atoms with Gasteiger partial charge >= 0.3 is 0 Å².